The minimum Gasteiger partial charge on any atom is -0.356 e. The molecule has 1 aromatic carbocycles. The van der Waals surface area contributed by atoms with Crippen LogP contribution < -0.4 is 15.5 Å². The van der Waals surface area contributed by atoms with Crippen LogP contribution in [0.25, 0.3) is 0 Å². The van der Waals surface area contributed by atoms with Gasteiger partial charge in [0.25, 0.3) is 5.91 Å². The topological polar surface area (TPSA) is 81.8 Å². The lowest BCUT2D eigenvalue weighted by atomic mass is 9.96. The lowest BCUT2D eigenvalue weighted by Gasteiger charge is -2.32. The van der Waals surface area contributed by atoms with Crippen LogP contribution in [0.4, 0.5) is 10.5 Å². The Balaban J connectivity index is 1.52. The standard InChI is InChI=1S/C22H32N4O3/c1-2-3-4-5-12-23-20(27)18-7-6-14-25(16-18)21(28)17-8-10-19(11-9-17)26-15-13-24-22(26)29/h8-11,18H,2-7,12-16H2,1H3,(H,23,27)(H,24,29). The molecule has 0 aliphatic carbocycles. The molecular formula is C22H32N4O3. The number of likely N-dealkylation sites (tertiary alicyclic amines) is 1. The Morgan fingerprint density at radius 3 is 2.62 bits per heavy atom. The van der Waals surface area contributed by atoms with Crippen LogP contribution in [0.15, 0.2) is 24.3 Å². The molecule has 1 aromatic rings. The zero-order chi connectivity index (χ0) is 20.6. The Hall–Kier alpha value is -2.57. The maximum absolute atomic E-state index is 12.9. The van der Waals surface area contributed by atoms with Crippen LogP contribution in [-0.2, 0) is 4.79 Å². The number of rotatable bonds is 8. The van der Waals surface area contributed by atoms with Crippen molar-refractivity contribution in [1.82, 2.24) is 15.5 Å². The van der Waals surface area contributed by atoms with Gasteiger partial charge in [0.2, 0.25) is 5.91 Å². The number of unbranched alkanes of at least 4 members (excludes halogenated alkanes) is 3. The van der Waals surface area contributed by atoms with Crippen LogP contribution in [0.3, 0.4) is 0 Å². The van der Waals surface area contributed by atoms with E-state index < -0.39 is 0 Å². The summed E-state index contributed by atoms with van der Waals surface area (Å²) in [7, 11) is 0. The van der Waals surface area contributed by atoms with E-state index in [0.29, 0.717) is 31.7 Å². The highest BCUT2D eigenvalue weighted by Gasteiger charge is 2.29. The Bertz CT molecular complexity index is 719. The molecule has 4 amide bonds. The highest BCUT2D eigenvalue weighted by Crippen LogP contribution is 2.21. The summed E-state index contributed by atoms with van der Waals surface area (Å²) >= 11 is 0. The van der Waals surface area contributed by atoms with E-state index in [1.54, 1.807) is 21.9 Å². The number of anilines is 1. The monoisotopic (exact) mass is 400 g/mol. The van der Waals surface area contributed by atoms with Gasteiger partial charge in [0.05, 0.1) is 5.92 Å². The molecule has 1 atom stereocenters. The van der Waals surface area contributed by atoms with Gasteiger partial charge in [-0.2, -0.15) is 0 Å². The highest BCUT2D eigenvalue weighted by molar-refractivity contribution is 5.97. The summed E-state index contributed by atoms with van der Waals surface area (Å²) in [6.45, 7) is 5.30. The van der Waals surface area contributed by atoms with Gasteiger partial charge in [0, 0.05) is 44.0 Å². The molecule has 2 fully saturated rings. The molecular weight excluding hydrogens is 368 g/mol. The molecule has 3 rings (SSSR count). The Labute approximate surface area is 172 Å². The number of hydrogen-bond acceptors (Lipinski definition) is 3. The molecule has 0 radical (unpaired) electrons. The summed E-state index contributed by atoms with van der Waals surface area (Å²) in [4.78, 5) is 40.6. The average molecular weight is 401 g/mol. The predicted molar refractivity (Wildman–Crippen MR) is 113 cm³/mol. The molecule has 158 valence electrons. The summed E-state index contributed by atoms with van der Waals surface area (Å²) in [6, 6.07) is 7.04. The minimum absolute atomic E-state index is 0.0529. The number of nitrogens with zero attached hydrogens (tertiary/aromatic N) is 2. The van der Waals surface area contributed by atoms with Crippen LogP contribution in [0.5, 0.6) is 0 Å². The van der Waals surface area contributed by atoms with E-state index in [-0.39, 0.29) is 23.8 Å². The Morgan fingerprint density at radius 1 is 1.14 bits per heavy atom. The summed E-state index contributed by atoms with van der Waals surface area (Å²) < 4.78 is 0. The van der Waals surface area contributed by atoms with E-state index in [2.05, 4.69) is 17.6 Å². The number of carbonyl (C=O) groups is 3. The smallest absolute Gasteiger partial charge is 0.321 e. The number of hydrogen-bond donors (Lipinski definition) is 2. The van der Waals surface area contributed by atoms with E-state index in [1.807, 2.05) is 12.1 Å². The van der Waals surface area contributed by atoms with Crippen molar-refractivity contribution in [3.8, 4) is 0 Å². The molecule has 7 heteroatoms. The van der Waals surface area contributed by atoms with Crippen LogP contribution in [-0.4, -0.2) is 55.5 Å². The van der Waals surface area contributed by atoms with Gasteiger partial charge < -0.3 is 15.5 Å². The first-order valence-electron chi connectivity index (χ1n) is 10.8. The molecule has 2 heterocycles. The first-order chi connectivity index (χ1) is 14.1. The normalized spacial score (nSPS) is 19.2. The summed E-state index contributed by atoms with van der Waals surface area (Å²) in [5.41, 5.74) is 1.38. The average Bonchev–Trinajstić information content (AvgIpc) is 3.19. The largest absolute Gasteiger partial charge is 0.356 e. The number of benzene rings is 1. The van der Waals surface area contributed by atoms with Crippen molar-refractivity contribution in [2.24, 2.45) is 5.92 Å². The van der Waals surface area contributed by atoms with E-state index in [0.717, 1.165) is 37.9 Å². The summed E-state index contributed by atoms with van der Waals surface area (Å²) in [6.07, 6.45) is 6.19. The van der Waals surface area contributed by atoms with E-state index >= 15 is 0 Å². The van der Waals surface area contributed by atoms with Gasteiger partial charge in [-0.15, -0.1) is 0 Å². The molecule has 2 N–H and O–H groups in total. The quantitative estimate of drug-likeness (QED) is 0.659. The number of carbonyl (C=O) groups excluding carboxylic acids is 3. The first-order valence-corrected chi connectivity index (χ1v) is 10.8. The number of nitrogens with one attached hydrogen (secondary N) is 2. The second kappa shape index (κ2) is 10.3. The van der Waals surface area contributed by atoms with Gasteiger partial charge >= 0.3 is 6.03 Å². The number of piperidine rings is 1. The van der Waals surface area contributed by atoms with Gasteiger partial charge in [0.15, 0.2) is 0 Å². The van der Waals surface area contributed by atoms with E-state index in [1.165, 1.54) is 12.8 Å². The second-order valence-electron chi connectivity index (χ2n) is 7.87. The van der Waals surface area contributed by atoms with Crippen LogP contribution in [0.1, 0.15) is 55.8 Å². The van der Waals surface area contributed by atoms with Crippen LogP contribution >= 0.6 is 0 Å². The molecule has 2 aliphatic heterocycles. The van der Waals surface area contributed by atoms with Crippen molar-refractivity contribution in [1.29, 1.82) is 0 Å². The number of amides is 4. The summed E-state index contributed by atoms with van der Waals surface area (Å²) in [5.74, 6) is -0.122. The molecule has 2 saturated heterocycles. The van der Waals surface area contributed by atoms with Crippen molar-refractivity contribution < 1.29 is 14.4 Å². The predicted octanol–water partition coefficient (Wildman–Crippen LogP) is 2.76. The maximum Gasteiger partial charge on any atom is 0.321 e. The lowest BCUT2D eigenvalue weighted by molar-refractivity contribution is -0.126. The fraction of sp³-hybridized carbons (Fsp3) is 0.591. The number of urea groups is 1. The van der Waals surface area contributed by atoms with Crippen molar-refractivity contribution in [3.05, 3.63) is 29.8 Å². The third kappa shape index (κ3) is 5.49. The Kier molecular flexibility index (Phi) is 7.49. The molecule has 0 saturated carbocycles. The maximum atomic E-state index is 12.9. The third-order valence-corrected chi connectivity index (χ3v) is 5.69. The van der Waals surface area contributed by atoms with Crippen molar-refractivity contribution in [3.63, 3.8) is 0 Å². The fourth-order valence-electron chi connectivity index (χ4n) is 3.97. The zero-order valence-corrected chi connectivity index (χ0v) is 17.3. The van der Waals surface area contributed by atoms with Crippen LogP contribution in [0.2, 0.25) is 0 Å². The van der Waals surface area contributed by atoms with Gasteiger partial charge in [-0.3, -0.25) is 14.5 Å². The Morgan fingerprint density at radius 2 is 1.93 bits per heavy atom. The zero-order valence-electron chi connectivity index (χ0n) is 17.3. The third-order valence-electron chi connectivity index (χ3n) is 5.69. The lowest BCUT2D eigenvalue weighted by Crippen LogP contribution is -2.45. The van der Waals surface area contributed by atoms with Crippen LogP contribution in [0, 0.1) is 5.92 Å². The van der Waals surface area contributed by atoms with Crippen molar-refractivity contribution in [2.75, 3.05) is 37.6 Å². The SMILES string of the molecule is CCCCCCNC(=O)C1CCCN(C(=O)c2ccc(N3CCNC3=O)cc2)C1. The molecule has 7 nitrogen and oxygen atoms in total. The molecule has 0 bridgehead atoms. The fourth-order valence-corrected chi connectivity index (χ4v) is 3.97. The van der Waals surface area contributed by atoms with Crippen molar-refractivity contribution >= 4 is 23.5 Å². The van der Waals surface area contributed by atoms with Gasteiger partial charge in [-0.25, -0.2) is 4.79 Å². The highest BCUT2D eigenvalue weighted by atomic mass is 16.2. The van der Waals surface area contributed by atoms with Crippen molar-refractivity contribution in [2.45, 2.75) is 45.4 Å². The van der Waals surface area contributed by atoms with Gasteiger partial charge in [-0.1, -0.05) is 26.2 Å². The molecule has 2 aliphatic rings. The van der Waals surface area contributed by atoms with E-state index in [9.17, 15) is 14.4 Å². The van der Waals surface area contributed by atoms with Gasteiger partial charge in [-0.05, 0) is 43.5 Å². The molecule has 1 unspecified atom stereocenters. The van der Waals surface area contributed by atoms with E-state index in [4.69, 9.17) is 0 Å². The summed E-state index contributed by atoms with van der Waals surface area (Å²) in [5, 5.41) is 5.80. The minimum atomic E-state index is -0.133. The first kappa shape index (κ1) is 21.1. The molecule has 0 aromatic heterocycles. The molecule has 0 spiro atoms. The van der Waals surface area contributed by atoms with Gasteiger partial charge in [0.1, 0.15) is 0 Å². The molecule has 29 heavy (non-hydrogen) atoms. The second-order valence-corrected chi connectivity index (χ2v) is 7.87.